The molecule has 8 heteroatoms. The Balaban J connectivity index is 0.00000336. The lowest BCUT2D eigenvalue weighted by atomic mass is 9.68. The van der Waals surface area contributed by atoms with Crippen molar-refractivity contribution >= 4 is 28.3 Å². The van der Waals surface area contributed by atoms with Gasteiger partial charge in [0.15, 0.2) is 0 Å². The highest BCUT2D eigenvalue weighted by molar-refractivity contribution is 7.91. The van der Waals surface area contributed by atoms with Gasteiger partial charge in [-0.1, -0.05) is 24.6 Å². The molecule has 0 radical (unpaired) electrons. The summed E-state index contributed by atoms with van der Waals surface area (Å²) in [5, 5.41) is 9.83. The molecule has 0 aromatic heterocycles. The van der Waals surface area contributed by atoms with E-state index in [1.807, 2.05) is 36.4 Å². The summed E-state index contributed by atoms with van der Waals surface area (Å²) in [6, 6.07) is 13.3. The summed E-state index contributed by atoms with van der Waals surface area (Å²) >= 11 is 0. The average molecular weight is 562 g/mol. The first-order chi connectivity index (χ1) is 17.8. The molecule has 6 nitrogen and oxygen atoms in total. The number of sulfone groups is 1. The molecule has 0 bridgehead atoms. The Bertz CT molecular complexity index is 1200. The van der Waals surface area contributed by atoms with Crippen molar-refractivity contribution in [2.45, 2.75) is 62.2 Å². The molecular weight excluding hydrogens is 522 g/mol. The van der Waals surface area contributed by atoms with Crippen molar-refractivity contribution in [3.05, 3.63) is 59.7 Å². The Morgan fingerprint density at radius 3 is 2.34 bits per heavy atom. The quantitative estimate of drug-likeness (QED) is 0.428. The van der Waals surface area contributed by atoms with Crippen molar-refractivity contribution in [2.24, 2.45) is 5.92 Å². The fraction of sp³-hybridized carbons (Fsp3) is 0.533. The summed E-state index contributed by atoms with van der Waals surface area (Å²) < 4.78 is 37.3. The maximum Gasteiger partial charge on any atom is 0.150 e. The van der Waals surface area contributed by atoms with Crippen molar-refractivity contribution in [1.82, 2.24) is 4.90 Å². The van der Waals surface area contributed by atoms with Gasteiger partial charge in [-0.15, -0.1) is 12.4 Å². The van der Waals surface area contributed by atoms with E-state index in [4.69, 9.17) is 9.47 Å². The monoisotopic (exact) mass is 561 g/mol. The zero-order chi connectivity index (χ0) is 25.9. The third-order valence-corrected chi connectivity index (χ3v) is 10.1. The molecule has 1 saturated carbocycles. The SMILES string of the molecule is CS(=O)(=O)C1CCC(C2(Oc3ccc(OCCN4CCCCC4)cc3)CC=Cc3cc(O)ccc32)CC1.Cl. The van der Waals surface area contributed by atoms with Gasteiger partial charge in [0.1, 0.15) is 39.3 Å². The topological polar surface area (TPSA) is 76.1 Å². The molecule has 38 heavy (non-hydrogen) atoms. The Morgan fingerprint density at radius 2 is 1.66 bits per heavy atom. The largest absolute Gasteiger partial charge is 0.508 e. The molecule has 2 fully saturated rings. The molecule has 0 spiro atoms. The minimum atomic E-state index is -3.05. The van der Waals surface area contributed by atoms with Crippen molar-refractivity contribution in [3.63, 3.8) is 0 Å². The second-order valence-electron chi connectivity index (χ2n) is 10.9. The molecule has 1 unspecified atom stereocenters. The van der Waals surface area contributed by atoms with Crippen LogP contribution in [0.4, 0.5) is 0 Å². The van der Waals surface area contributed by atoms with Gasteiger partial charge < -0.3 is 14.6 Å². The van der Waals surface area contributed by atoms with Gasteiger partial charge in [-0.05, 0) is 93.6 Å². The molecule has 5 rings (SSSR count). The van der Waals surface area contributed by atoms with Crippen LogP contribution in [0.3, 0.4) is 0 Å². The second-order valence-corrected chi connectivity index (χ2v) is 13.2. The molecular formula is C30H40ClNO5S. The van der Waals surface area contributed by atoms with Crippen molar-refractivity contribution in [1.29, 1.82) is 0 Å². The lowest BCUT2D eigenvalue weighted by Gasteiger charge is -2.45. The number of rotatable bonds is 8. The van der Waals surface area contributed by atoms with E-state index in [1.165, 1.54) is 25.5 Å². The molecule has 1 atom stereocenters. The highest BCUT2D eigenvalue weighted by Gasteiger charge is 2.46. The van der Waals surface area contributed by atoms with Crippen LogP contribution in [0.15, 0.2) is 48.5 Å². The van der Waals surface area contributed by atoms with Crippen LogP contribution in [0.2, 0.25) is 0 Å². The predicted octanol–water partition coefficient (Wildman–Crippen LogP) is 5.97. The van der Waals surface area contributed by atoms with Gasteiger partial charge in [0, 0.05) is 30.7 Å². The number of likely N-dealkylation sites (tertiary alicyclic amines) is 1. The van der Waals surface area contributed by atoms with E-state index >= 15 is 0 Å². The fourth-order valence-corrected chi connectivity index (χ4v) is 7.49. The molecule has 3 aliphatic rings. The van der Waals surface area contributed by atoms with Crippen LogP contribution in [0, 0.1) is 5.92 Å². The fourth-order valence-electron chi connectivity index (χ4n) is 6.36. The van der Waals surface area contributed by atoms with E-state index in [9.17, 15) is 13.5 Å². The normalized spacial score (nSPS) is 25.7. The smallest absolute Gasteiger partial charge is 0.150 e. The first-order valence-electron chi connectivity index (χ1n) is 13.7. The first kappa shape index (κ1) is 28.8. The predicted molar refractivity (Wildman–Crippen MR) is 154 cm³/mol. The van der Waals surface area contributed by atoms with Crippen molar-refractivity contribution in [2.75, 3.05) is 32.5 Å². The molecule has 208 valence electrons. The minimum absolute atomic E-state index is 0. The number of phenolic OH excluding ortho intramolecular Hbond substituents is 1. The molecule has 1 saturated heterocycles. The van der Waals surface area contributed by atoms with Gasteiger partial charge in [0.05, 0.1) is 5.25 Å². The number of nitrogens with zero attached hydrogens (tertiary/aromatic N) is 1. The number of fused-ring (bicyclic) bond motifs is 1. The van der Waals surface area contributed by atoms with E-state index in [-0.39, 0.29) is 29.3 Å². The summed E-state index contributed by atoms with van der Waals surface area (Å²) in [5.41, 5.74) is 1.39. The van der Waals surface area contributed by atoms with Gasteiger partial charge in [-0.25, -0.2) is 8.42 Å². The molecule has 2 aromatic rings. The molecule has 2 aromatic carbocycles. The van der Waals surface area contributed by atoms with E-state index in [0.29, 0.717) is 25.9 Å². The van der Waals surface area contributed by atoms with E-state index in [1.54, 1.807) is 12.1 Å². The zero-order valence-electron chi connectivity index (χ0n) is 22.2. The van der Waals surface area contributed by atoms with Crippen molar-refractivity contribution < 1.29 is 23.0 Å². The number of phenols is 1. The van der Waals surface area contributed by atoms with Gasteiger partial charge in [0.25, 0.3) is 0 Å². The van der Waals surface area contributed by atoms with E-state index in [0.717, 1.165) is 55.1 Å². The van der Waals surface area contributed by atoms with Crippen LogP contribution in [-0.4, -0.2) is 56.2 Å². The highest BCUT2D eigenvalue weighted by Crippen LogP contribution is 2.49. The summed E-state index contributed by atoms with van der Waals surface area (Å²) in [7, 11) is -3.05. The molecule has 1 heterocycles. The van der Waals surface area contributed by atoms with Crippen molar-refractivity contribution in [3.8, 4) is 17.2 Å². The Morgan fingerprint density at radius 1 is 0.974 bits per heavy atom. The number of aromatic hydroxyl groups is 1. The molecule has 1 N–H and O–H groups in total. The zero-order valence-corrected chi connectivity index (χ0v) is 23.8. The third-order valence-electron chi connectivity index (χ3n) is 8.40. The minimum Gasteiger partial charge on any atom is -0.508 e. The first-order valence-corrected chi connectivity index (χ1v) is 15.6. The van der Waals surface area contributed by atoms with Gasteiger partial charge in [-0.2, -0.15) is 0 Å². The lowest BCUT2D eigenvalue weighted by Crippen LogP contribution is -2.45. The van der Waals surface area contributed by atoms with Crippen LogP contribution in [0.5, 0.6) is 17.2 Å². The second kappa shape index (κ2) is 12.3. The maximum atomic E-state index is 12.2. The molecule has 1 aliphatic heterocycles. The van der Waals surface area contributed by atoms with Gasteiger partial charge in [-0.3, -0.25) is 4.90 Å². The van der Waals surface area contributed by atoms with Crippen LogP contribution < -0.4 is 9.47 Å². The van der Waals surface area contributed by atoms with Crippen LogP contribution in [0.1, 0.15) is 62.5 Å². The van der Waals surface area contributed by atoms with Gasteiger partial charge >= 0.3 is 0 Å². The van der Waals surface area contributed by atoms with E-state index < -0.39 is 15.4 Å². The number of hydrogen-bond donors (Lipinski definition) is 1. The number of ether oxygens (including phenoxy) is 2. The number of hydrogen-bond acceptors (Lipinski definition) is 6. The summed E-state index contributed by atoms with van der Waals surface area (Å²) in [5.74, 6) is 1.99. The average Bonchev–Trinajstić information content (AvgIpc) is 2.90. The lowest BCUT2D eigenvalue weighted by molar-refractivity contribution is -0.0119. The maximum absolute atomic E-state index is 12.2. The van der Waals surface area contributed by atoms with Crippen LogP contribution >= 0.6 is 12.4 Å². The van der Waals surface area contributed by atoms with Crippen LogP contribution in [-0.2, 0) is 15.4 Å². The number of benzene rings is 2. The molecule has 0 amide bonds. The third kappa shape index (κ3) is 6.49. The number of halogens is 1. The Kier molecular flexibility index (Phi) is 9.32. The summed E-state index contributed by atoms with van der Waals surface area (Å²) in [6.45, 7) is 3.96. The standard InChI is InChI=1S/C30H39NO5S.ClH/c1-37(33,34)28-14-7-24(8-15-28)30(17-5-6-23-22-25(32)9-16-29(23)30)36-27-12-10-26(11-13-27)35-21-20-31-18-3-2-4-19-31;/h5-6,9-13,16,22,24,28,32H,2-4,7-8,14-15,17-21H2,1H3;1H. The Labute approximate surface area is 233 Å². The number of piperidine rings is 1. The highest BCUT2D eigenvalue weighted by atomic mass is 35.5. The summed E-state index contributed by atoms with van der Waals surface area (Å²) in [6.07, 6.45) is 13.0. The van der Waals surface area contributed by atoms with Gasteiger partial charge in [0.2, 0.25) is 0 Å². The molecule has 2 aliphatic carbocycles. The Hall–Kier alpha value is -2.22. The van der Waals surface area contributed by atoms with Crippen LogP contribution in [0.25, 0.3) is 6.08 Å². The van der Waals surface area contributed by atoms with E-state index in [2.05, 4.69) is 11.0 Å². The summed E-state index contributed by atoms with van der Waals surface area (Å²) in [4.78, 5) is 2.47.